The number of anilines is 1. The molecule has 3 aromatic carbocycles. The van der Waals surface area contributed by atoms with E-state index in [-0.39, 0.29) is 4.90 Å². The zero-order valence-corrected chi connectivity index (χ0v) is 16.7. The lowest BCUT2D eigenvalue weighted by atomic mass is 10.1. The van der Waals surface area contributed by atoms with Crippen molar-refractivity contribution >= 4 is 27.5 Å². The Labute approximate surface area is 169 Å². The standard InChI is InChI=1S/C22H18N2O4S/c1-15-7-9-16(10-8-15)22(25)28-18-13-11-17(12-14-18)24(2)21-19-5-3-4-6-20(19)29(26,27)23-21/h3-14H,1-2H3. The van der Waals surface area contributed by atoms with Crippen molar-refractivity contribution in [3.8, 4) is 5.75 Å². The lowest BCUT2D eigenvalue weighted by Crippen LogP contribution is -2.25. The molecule has 0 spiro atoms. The second-order valence-electron chi connectivity index (χ2n) is 6.69. The zero-order chi connectivity index (χ0) is 20.6. The molecule has 0 unspecified atom stereocenters. The number of esters is 1. The van der Waals surface area contributed by atoms with Gasteiger partial charge in [-0.3, -0.25) is 0 Å². The zero-order valence-electron chi connectivity index (χ0n) is 15.9. The molecule has 1 aliphatic heterocycles. The average molecular weight is 406 g/mol. The number of carbonyl (C=O) groups excluding carboxylic acids is 1. The maximum atomic E-state index is 12.3. The van der Waals surface area contributed by atoms with Gasteiger partial charge in [-0.15, -0.1) is 4.40 Å². The maximum absolute atomic E-state index is 12.3. The first-order chi connectivity index (χ1) is 13.8. The minimum Gasteiger partial charge on any atom is -0.423 e. The van der Waals surface area contributed by atoms with E-state index in [1.54, 1.807) is 72.6 Å². The SMILES string of the molecule is Cc1ccc(C(=O)Oc2ccc(N(C)C3=NS(=O)(=O)c4ccccc43)cc2)cc1. The maximum Gasteiger partial charge on any atom is 0.343 e. The second kappa shape index (κ2) is 7.18. The largest absolute Gasteiger partial charge is 0.423 e. The predicted molar refractivity (Wildman–Crippen MR) is 111 cm³/mol. The first kappa shape index (κ1) is 18.9. The summed E-state index contributed by atoms with van der Waals surface area (Å²) in [6, 6.07) is 20.7. The van der Waals surface area contributed by atoms with Crippen LogP contribution in [0.25, 0.3) is 0 Å². The molecule has 0 aliphatic carbocycles. The van der Waals surface area contributed by atoms with Gasteiger partial charge in [0.2, 0.25) is 0 Å². The van der Waals surface area contributed by atoms with E-state index in [1.807, 2.05) is 19.1 Å². The molecule has 0 amide bonds. The van der Waals surface area contributed by atoms with Gasteiger partial charge >= 0.3 is 5.97 Å². The van der Waals surface area contributed by atoms with Crippen LogP contribution < -0.4 is 9.64 Å². The van der Waals surface area contributed by atoms with Gasteiger partial charge in [-0.05, 0) is 55.5 Å². The molecule has 29 heavy (non-hydrogen) atoms. The molecule has 4 rings (SSSR count). The van der Waals surface area contributed by atoms with Gasteiger partial charge in [0.25, 0.3) is 10.0 Å². The summed E-state index contributed by atoms with van der Waals surface area (Å²) in [7, 11) is -1.95. The minimum atomic E-state index is -3.69. The fraction of sp³-hybridized carbons (Fsp3) is 0.0909. The number of amidine groups is 1. The van der Waals surface area contributed by atoms with Crippen molar-refractivity contribution in [2.24, 2.45) is 4.40 Å². The first-order valence-electron chi connectivity index (χ1n) is 8.92. The van der Waals surface area contributed by atoms with E-state index in [0.717, 1.165) is 5.56 Å². The number of aryl methyl sites for hydroxylation is 1. The summed E-state index contributed by atoms with van der Waals surface area (Å²) in [5, 5.41) is 0. The Balaban J connectivity index is 1.54. The summed E-state index contributed by atoms with van der Waals surface area (Å²) in [5.41, 5.74) is 2.81. The fourth-order valence-electron chi connectivity index (χ4n) is 3.05. The Kier molecular flexibility index (Phi) is 4.68. The van der Waals surface area contributed by atoms with Gasteiger partial charge in [-0.25, -0.2) is 4.79 Å². The van der Waals surface area contributed by atoms with Gasteiger partial charge < -0.3 is 9.64 Å². The van der Waals surface area contributed by atoms with Crippen molar-refractivity contribution in [3.63, 3.8) is 0 Å². The van der Waals surface area contributed by atoms with Crippen LogP contribution >= 0.6 is 0 Å². The van der Waals surface area contributed by atoms with Gasteiger partial charge in [0, 0.05) is 18.3 Å². The summed E-state index contributed by atoms with van der Waals surface area (Å²) in [6.45, 7) is 1.95. The third-order valence-corrected chi connectivity index (χ3v) is 5.98. The Morgan fingerprint density at radius 1 is 0.931 bits per heavy atom. The highest BCUT2D eigenvalue weighted by Crippen LogP contribution is 2.29. The average Bonchev–Trinajstić information content (AvgIpc) is 3.00. The minimum absolute atomic E-state index is 0.200. The van der Waals surface area contributed by atoms with Crippen LogP contribution in [0.5, 0.6) is 5.75 Å². The van der Waals surface area contributed by atoms with E-state index >= 15 is 0 Å². The topological polar surface area (TPSA) is 76.0 Å². The number of hydrogen-bond donors (Lipinski definition) is 0. The molecule has 6 nitrogen and oxygen atoms in total. The molecule has 0 atom stereocenters. The fourth-order valence-corrected chi connectivity index (χ4v) is 4.28. The van der Waals surface area contributed by atoms with Crippen LogP contribution in [0.2, 0.25) is 0 Å². The molecule has 0 N–H and O–H groups in total. The number of rotatable bonds is 3. The lowest BCUT2D eigenvalue weighted by molar-refractivity contribution is 0.0735. The monoisotopic (exact) mass is 406 g/mol. The van der Waals surface area contributed by atoms with Crippen molar-refractivity contribution in [3.05, 3.63) is 89.5 Å². The summed E-state index contributed by atoms with van der Waals surface area (Å²) in [6.07, 6.45) is 0. The van der Waals surface area contributed by atoms with Gasteiger partial charge in [-0.1, -0.05) is 29.8 Å². The van der Waals surface area contributed by atoms with Gasteiger partial charge in [0.15, 0.2) is 5.84 Å². The third kappa shape index (κ3) is 3.64. The van der Waals surface area contributed by atoms with E-state index < -0.39 is 16.0 Å². The van der Waals surface area contributed by atoms with Crippen molar-refractivity contribution in [2.45, 2.75) is 11.8 Å². The number of carbonyl (C=O) groups is 1. The number of ether oxygens (including phenoxy) is 1. The quantitative estimate of drug-likeness (QED) is 0.488. The molecule has 0 saturated heterocycles. The number of sulfonamides is 1. The molecular weight excluding hydrogens is 388 g/mol. The third-order valence-electron chi connectivity index (χ3n) is 4.65. The molecule has 0 bridgehead atoms. The molecule has 3 aromatic rings. The van der Waals surface area contributed by atoms with Crippen LogP contribution in [0.15, 0.2) is 82.1 Å². The predicted octanol–water partition coefficient (Wildman–Crippen LogP) is 3.80. The Bertz CT molecular complexity index is 1210. The smallest absolute Gasteiger partial charge is 0.343 e. The second-order valence-corrected chi connectivity index (χ2v) is 8.27. The molecule has 0 saturated carbocycles. The van der Waals surface area contributed by atoms with Crippen LogP contribution in [-0.4, -0.2) is 27.3 Å². The first-order valence-corrected chi connectivity index (χ1v) is 10.4. The number of fused-ring (bicyclic) bond motifs is 1. The highest BCUT2D eigenvalue weighted by Gasteiger charge is 2.30. The lowest BCUT2D eigenvalue weighted by Gasteiger charge is -2.19. The molecule has 0 aromatic heterocycles. The number of hydrogen-bond acceptors (Lipinski definition) is 5. The molecule has 0 radical (unpaired) electrons. The van der Waals surface area contributed by atoms with Crippen LogP contribution in [0.4, 0.5) is 5.69 Å². The van der Waals surface area contributed by atoms with Crippen molar-refractivity contribution in [2.75, 3.05) is 11.9 Å². The normalized spacial score (nSPS) is 14.1. The molecule has 1 aliphatic rings. The van der Waals surface area contributed by atoms with E-state index in [9.17, 15) is 13.2 Å². The Hall–Kier alpha value is -3.45. The van der Waals surface area contributed by atoms with Crippen LogP contribution in [-0.2, 0) is 10.0 Å². The summed E-state index contributed by atoms with van der Waals surface area (Å²) >= 11 is 0. The summed E-state index contributed by atoms with van der Waals surface area (Å²) in [4.78, 5) is 14.1. The molecule has 146 valence electrons. The number of benzene rings is 3. The van der Waals surface area contributed by atoms with Crippen LogP contribution in [0.3, 0.4) is 0 Å². The molecule has 0 fully saturated rings. The van der Waals surface area contributed by atoms with Crippen LogP contribution in [0, 0.1) is 6.92 Å². The number of nitrogens with zero attached hydrogens (tertiary/aromatic N) is 2. The van der Waals surface area contributed by atoms with Gasteiger partial charge in [0.05, 0.1) is 5.56 Å². The highest BCUT2D eigenvalue weighted by molar-refractivity contribution is 7.90. The summed E-state index contributed by atoms with van der Waals surface area (Å²) in [5.74, 6) is 0.311. The van der Waals surface area contributed by atoms with Crippen LogP contribution in [0.1, 0.15) is 21.5 Å². The van der Waals surface area contributed by atoms with E-state index in [1.165, 1.54) is 0 Å². The molecular formula is C22H18N2O4S. The van der Waals surface area contributed by atoms with E-state index in [0.29, 0.717) is 28.4 Å². The van der Waals surface area contributed by atoms with E-state index in [4.69, 9.17) is 4.74 Å². The highest BCUT2D eigenvalue weighted by atomic mass is 32.2. The molecule has 1 heterocycles. The van der Waals surface area contributed by atoms with Crippen molar-refractivity contribution in [1.29, 1.82) is 0 Å². The van der Waals surface area contributed by atoms with Gasteiger partial charge in [-0.2, -0.15) is 8.42 Å². The van der Waals surface area contributed by atoms with E-state index in [2.05, 4.69) is 4.40 Å². The van der Waals surface area contributed by atoms with Crippen molar-refractivity contribution < 1.29 is 17.9 Å². The molecule has 7 heteroatoms. The Morgan fingerprint density at radius 3 is 2.28 bits per heavy atom. The van der Waals surface area contributed by atoms with Crippen molar-refractivity contribution in [1.82, 2.24) is 0 Å². The summed E-state index contributed by atoms with van der Waals surface area (Å²) < 4.78 is 33.8. The van der Waals surface area contributed by atoms with Gasteiger partial charge in [0.1, 0.15) is 10.6 Å². The Morgan fingerprint density at radius 2 is 1.59 bits per heavy atom.